The summed E-state index contributed by atoms with van der Waals surface area (Å²) in [5, 5.41) is 10.4. The van der Waals surface area contributed by atoms with Gasteiger partial charge in [0.05, 0.1) is 5.92 Å². The highest BCUT2D eigenvalue weighted by Crippen LogP contribution is 2.33. The molecule has 2 aromatic heterocycles. The van der Waals surface area contributed by atoms with Crippen molar-refractivity contribution in [3.05, 3.63) is 59.6 Å². The zero-order chi connectivity index (χ0) is 27.7. The van der Waals surface area contributed by atoms with Crippen molar-refractivity contribution in [2.24, 2.45) is 11.8 Å². The summed E-state index contributed by atoms with van der Waals surface area (Å²) >= 11 is 0. The third-order valence-electron chi connectivity index (χ3n) is 8.04. The van der Waals surface area contributed by atoms with Crippen molar-refractivity contribution in [3.63, 3.8) is 0 Å². The minimum atomic E-state index is -0.288. The van der Waals surface area contributed by atoms with Gasteiger partial charge in [0.15, 0.2) is 0 Å². The summed E-state index contributed by atoms with van der Waals surface area (Å²) in [6.45, 7) is 14.4. The molecule has 2 aliphatic rings. The molecule has 8 heteroatoms. The van der Waals surface area contributed by atoms with Gasteiger partial charge in [-0.25, -0.2) is 4.98 Å². The van der Waals surface area contributed by atoms with Crippen LogP contribution in [0.15, 0.2) is 48.4 Å². The van der Waals surface area contributed by atoms with E-state index in [0.29, 0.717) is 12.1 Å². The third kappa shape index (κ3) is 5.43. The van der Waals surface area contributed by atoms with Crippen LogP contribution in [0.1, 0.15) is 56.1 Å². The number of hydrogen-bond donors (Lipinski definition) is 3. The quantitative estimate of drug-likeness (QED) is 0.423. The lowest BCUT2D eigenvalue weighted by molar-refractivity contribution is -0.125. The van der Waals surface area contributed by atoms with Crippen molar-refractivity contribution in [1.82, 2.24) is 25.5 Å². The van der Waals surface area contributed by atoms with Crippen LogP contribution in [0.4, 0.5) is 5.82 Å². The molecular formula is C31H40N6O2. The van der Waals surface area contributed by atoms with Gasteiger partial charge in [-0.1, -0.05) is 13.0 Å². The fourth-order valence-electron chi connectivity index (χ4n) is 5.90. The number of pyridine rings is 1. The molecule has 5 rings (SSSR count). The molecule has 3 N–H and O–H groups in total. The number of aryl methyl sites for hydroxylation is 1. The van der Waals surface area contributed by atoms with Crippen LogP contribution >= 0.6 is 0 Å². The molecule has 4 heterocycles. The molecule has 206 valence electrons. The number of hydrogen-bond acceptors (Lipinski definition) is 5. The van der Waals surface area contributed by atoms with E-state index in [4.69, 9.17) is 4.98 Å². The first kappa shape index (κ1) is 26.9. The monoisotopic (exact) mass is 528 g/mol. The topological polar surface area (TPSA) is 91.3 Å². The smallest absolute Gasteiger partial charge is 0.252 e. The maximum Gasteiger partial charge on any atom is 0.252 e. The van der Waals surface area contributed by atoms with Gasteiger partial charge in [-0.3, -0.25) is 9.59 Å². The third-order valence-corrected chi connectivity index (χ3v) is 8.04. The van der Waals surface area contributed by atoms with Crippen LogP contribution in [0.5, 0.6) is 0 Å². The van der Waals surface area contributed by atoms with Gasteiger partial charge in [-0.2, -0.15) is 0 Å². The highest BCUT2D eigenvalue weighted by molar-refractivity contribution is 6.09. The lowest BCUT2D eigenvalue weighted by Crippen LogP contribution is -2.44. The van der Waals surface area contributed by atoms with E-state index in [2.05, 4.69) is 83.6 Å². The summed E-state index contributed by atoms with van der Waals surface area (Å²) < 4.78 is 2.22. The molecule has 0 aliphatic carbocycles. The van der Waals surface area contributed by atoms with Crippen LogP contribution in [-0.2, 0) is 4.79 Å². The molecule has 0 bridgehead atoms. The summed E-state index contributed by atoms with van der Waals surface area (Å²) in [7, 11) is 0. The first-order valence-corrected chi connectivity index (χ1v) is 14.1. The van der Waals surface area contributed by atoms with Crippen LogP contribution in [-0.4, -0.2) is 54.1 Å². The van der Waals surface area contributed by atoms with Crippen LogP contribution in [0.3, 0.4) is 0 Å². The maximum atomic E-state index is 13.7. The standard InChI is InChI=1S/C31H40N6O2/c1-6-22-13-21(5)35-31(39)26(22)17-34-30(38)25-14-24(15-27-29(25)20(4)18-37(27)19(2)3)23-7-8-28(33-16-23)36-11-9-32-10-12-36/h7-8,13-16,18-19,22,26,32H,6,9-12,17H2,1-5H3,(H,34,38)(H,35,39). The van der Waals surface area contributed by atoms with E-state index in [0.717, 1.165) is 71.7 Å². The second kappa shape index (κ2) is 11.2. The SMILES string of the molecule is CCC1C=C(C)NC(=O)C1CNC(=O)c1cc(-c2ccc(N3CCNCC3)nc2)cc2c1c(C)cn2C(C)C. The number of carbonyl (C=O) groups excluding carboxylic acids is 2. The number of amides is 2. The average molecular weight is 529 g/mol. The predicted octanol–water partition coefficient (Wildman–Crippen LogP) is 4.41. The Balaban J connectivity index is 1.48. The molecule has 2 aliphatic heterocycles. The number of carbonyl (C=O) groups is 2. The molecule has 2 unspecified atom stereocenters. The molecule has 1 aromatic carbocycles. The molecule has 0 spiro atoms. The van der Waals surface area contributed by atoms with Crippen LogP contribution < -0.4 is 20.9 Å². The Morgan fingerprint density at radius 3 is 2.59 bits per heavy atom. The molecule has 2 atom stereocenters. The fourth-order valence-corrected chi connectivity index (χ4v) is 5.90. The second-order valence-electron chi connectivity index (χ2n) is 11.1. The van der Waals surface area contributed by atoms with Gasteiger partial charge in [0, 0.05) is 78.9 Å². The molecule has 1 fully saturated rings. The number of nitrogens with zero attached hydrogens (tertiary/aromatic N) is 3. The largest absolute Gasteiger partial charge is 0.354 e. The van der Waals surface area contributed by atoms with E-state index in [1.54, 1.807) is 0 Å². The van der Waals surface area contributed by atoms with Gasteiger partial charge in [0.1, 0.15) is 5.82 Å². The highest BCUT2D eigenvalue weighted by Gasteiger charge is 2.30. The lowest BCUT2D eigenvalue weighted by atomic mass is 9.85. The second-order valence-corrected chi connectivity index (χ2v) is 11.1. The van der Waals surface area contributed by atoms with Crippen molar-refractivity contribution in [2.75, 3.05) is 37.6 Å². The normalized spacial score (nSPS) is 19.8. The summed E-state index contributed by atoms with van der Waals surface area (Å²) in [4.78, 5) is 33.5. The van der Waals surface area contributed by atoms with Crippen molar-refractivity contribution in [2.45, 2.75) is 47.1 Å². The Kier molecular flexibility index (Phi) is 7.75. The van der Waals surface area contributed by atoms with Crippen molar-refractivity contribution >= 4 is 28.5 Å². The van der Waals surface area contributed by atoms with Crippen LogP contribution in [0.2, 0.25) is 0 Å². The Bertz CT molecular complexity index is 1400. The van der Waals surface area contributed by atoms with Gasteiger partial charge in [0.2, 0.25) is 5.91 Å². The van der Waals surface area contributed by atoms with Crippen molar-refractivity contribution in [3.8, 4) is 11.1 Å². The molecule has 1 saturated heterocycles. The lowest BCUT2D eigenvalue weighted by Gasteiger charge is -2.28. The van der Waals surface area contributed by atoms with Gasteiger partial charge in [-0.15, -0.1) is 0 Å². The number of rotatable bonds is 7. The van der Waals surface area contributed by atoms with Crippen molar-refractivity contribution < 1.29 is 9.59 Å². The molecule has 8 nitrogen and oxygen atoms in total. The minimum Gasteiger partial charge on any atom is -0.354 e. The van der Waals surface area contributed by atoms with Gasteiger partial charge in [-0.05, 0) is 75.4 Å². The van der Waals surface area contributed by atoms with Crippen LogP contribution in [0, 0.1) is 18.8 Å². The molecule has 2 amide bonds. The number of anilines is 1. The summed E-state index contributed by atoms with van der Waals surface area (Å²) in [5.74, 6) is 0.602. The number of aromatic nitrogens is 2. The van der Waals surface area contributed by atoms with E-state index in [1.165, 1.54) is 0 Å². The summed E-state index contributed by atoms with van der Waals surface area (Å²) in [6.07, 6.45) is 6.97. The van der Waals surface area contributed by atoms with E-state index < -0.39 is 0 Å². The zero-order valence-corrected chi connectivity index (χ0v) is 23.7. The van der Waals surface area contributed by atoms with Gasteiger partial charge in [0.25, 0.3) is 5.91 Å². The Labute approximate surface area is 230 Å². The van der Waals surface area contributed by atoms with E-state index >= 15 is 0 Å². The fraction of sp³-hybridized carbons (Fsp3) is 0.452. The number of fused-ring (bicyclic) bond motifs is 1. The molecule has 3 aromatic rings. The van der Waals surface area contributed by atoms with E-state index in [1.807, 2.05) is 19.2 Å². The predicted molar refractivity (Wildman–Crippen MR) is 157 cm³/mol. The zero-order valence-electron chi connectivity index (χ0n) is 23.7. The number of benzene rings is 1. The van der Waals surface area contributed by atoms with Gasteiger partial charge >= 0.3 is 0 Å². The number of nitrogens with one attached hydrogen (secondary N) is 3. The van der Waals surface area contributed by atoms with E-state index in [9.17, 15) is 9.59 Å². The molecule has 0 saturated carbocycles. The Morgan fingerprint density at radius 2 is 1.92 bits per heavy atom. The molecule has 39 heavy (non-hydrogen) atoms. The van der Waals surface area contributed by atoms with Crippen molar-refractivity contribution in [1.29, 1.82) is 0 Å². The van der Waals surface area contributed by atoms with E-state index in [-0.39, 0.29) is 29.7 Å². The average Bonchev–Trinajstić information content (AvgIpc) is 3.28. The number of piperazine rings is 1. The maximum absolute atomic E-state index is 13.7. The molecule has 0 radical (unpaired) electrons. The Hall–Kier alpha value is -3.65. The number of allylic oxidation sites excluding steroid dienone is 2. The first-order valence-electron chi connectivity index (χ1n) is 14.1. The van der Waals surface area contributed by atoms with Crippen LogP contribution in [0.25, 0.3) is 22.0 Å². The Morgan fingerprint density at radius 1 is 1.15 bits per heavy atom. The molecular weight excluding hydrogens is 488 g/mol. The first-order chi connectivity index (χ1) is 18.8. The van der Waals surface area contributed by atoms with Gasteiger partial charge < -0.3 is 25.4 Å². The minimum absolute atomic E-state index is 0.0289. The highest BCUT2D eigenvalue weighted by atomic mass is 16.2. The summed E-state index contributed by atoms with van der Waals surface area (Å²) in [5.41, 5.74) is 5.51. The summed E-state index contributed by atoms with van der Waals surface area (Å²) in [6, 6.07) is 8.54.